The molecule has 0 aliphatic heterocycles. The van der Waals surface area contributed by atoms with E-state index in [2.05, 4.69) is 10.1 Å². The van der Waals surface area contributed by atoms with Crippen LogP contribution in [-0.2, 0) is 19.1 Å². The van der Waals surface area contributed by atoms with Crippen molar-refractivity contribution in [3.05, 3.63) is 54.1 Å². The van der Waals surface area contributed by atoms with E-state index in [-0.39, 0.29) is 18.6 Å². The maximum atomic E-state index is 12.1. The molecule has 1 aromatic rings. The number of hydrogen-bond acceptors (Lipinski definition) is 5. The van der Waals surface area contributed by atoms with Crippen LogP contribution in [0.15, 0.2) is 48.6 Å². The minimum absolute atomic E-state index is 0.0884. The summed E-state index contributed by atoms with van der Waals surface area (Å²) < 4.78 is 4.56. The molecule has 126 valence electrons. The van der Waals surface area contributed by atoms with Crippen LogP contribution in [0.25, 0.3) is 6.08 Å². The van der Waals surface area contributed by atoms with Crippen molar-refractivity contribution in [2.45, 2.75) is 24.5 Å². The third kappa shape index (κ3) is 4.63. The molecule has 0 saturated carbocycles. The van der Waals surface area contributed by atoms with Crippen LogP contribution < -0.4 is 5.32 Å². The first-order chi connectivity index (χ1) is 11.4. The number of carbonyl (C=O) groups is 3. The Balaban J connectivity index is 2.08. The van der Waals surface area contributed by atoms with Crippen LogP contribution in [-0.4, -0.2) is 41.5 Å². The van der Waals surface area contributed by atoms with Gasteiger partial charge in [-0.25, -0.2) is 0 Å². The van der Waals surface area contributed by atoms with E-state index in [0.29, 0.717) is 0 Å². The maximum Gasteiger partial charge on any atom is 0.308 e. The topological polar surface area (TPSA) is 92.7 Å². The molecule has 1 aliphatic rings. The van der Waals surface area contributed by atoms with E-state index in [1.54, 1.807) is 6.08 Å². The van der Waals surface area contributed by atoms with Crippen LogP contribution in [0.4, 0.5) is 0 Å². The molecule has 0 unspecified atom stereocenters. The molecular weight excluding hydrogens is 310 g/mol. The van der Waals surface area contributed by atoms with E-state index in [0.717, 1.165) is 5.56 Å². The molecule has 2 N–H and O–H groups in total. The highest BCUT2D eigenvalue weighted by atomic mass is 16.5. The number of carbonyl (C=O) groups excluding carboxylic acids is 3. The Labute approximate surface area is 139 Å². The van der Waals surface area contributed by atoms with Crippen molar-refractivity contribution >= 4 is 23.7 Å². The molecule has 0 spiro atoms. The number of aliphatic hydroxyl groups is 1. The molecule has 6 heteroatoms. The molecular formula is C18H19NO5. The fraction of sp³-hybridized carbons (Fsp3) is 0.278. The van der Waals surface area contributed by atoms with Gasteiger partial charge in [-0.3, -0.25) is 14.4 Å². The Hall–Kier alpha value is -2.73. The van der Waals surface area contributed by atoms with Crippen LogP contribution in [0.3, 0.4) is 0 Å². The molecule has 0 heterocycles. The lowest BCUT2D eigenvalue weighted by Gasteiger charge is -2.35. The van der Waals surface area contributed by atoms with E-state index < -0.39 is 23.5 Å². The van der Waals surface area contributed by atoms with E-state index in [1.165, 1.54) is 25.3 Å². The Morgan fingerprint density at radius 2 is 2.08 bits per heavy atom. The van der Waals surface area contributed by atoms with Gasteiger partial charge in [0.2, 0.25) is 5.91 Å². The number of rotatable bonds is 5. The Morgan fingerprint density at radius 1 is 1.38 bits per heavy atom. The van der Waals surface area contributed by atoms with Gasteiger partial charge in [-0.05, 0) is 23.8 Å². The van der Waals surface area contributed by atoms with Gasteiger partial charge in [0.05, 0.1) is 19.6 Å². The lowest BCUT2D eigenvalue weighted by atomic mass is 9.82. The first-order valence-corrected chi connectivity index (χ1v) is 7.48. The number of esters is 1. The molecule has 0 fully saturated rings. The first kappa shape index (κ1) is 17.6. The van der Waals surface area contributed by atoms with Gasteiger partial charge < -0.3 is 15.2 Å². The van der Waals surface area contributed by atoms with Gasteiger partial charge in [0.15, 0.2) is 5.78 Å². The Kier molecular flexibility index (Phi) is 5.65. The number of ether oxygens (including phenoxy) is 1. The second kappa shape index (κ2) is 7.70. The van der Waals surface area contributed by atoms with Gasteiger partial charge in [0, 0.05) is 12.5 Å². The second-order valence-corrected chi connectivity index (χ2v) is 5.55. The zero-order valence-corrected chi connectivity index (χ0v) is 13.3. The number of allylic oxidation sites excluding steroid dienone is 1. The highest BCUT2D eigenvalue weighted by Crippen LogP contribution is 2.25. The second-order valence-electron chi connectivity index (χ2n) is 5.55. The lowest BCUT2D eigenvalue weighted by molar-refractivity contribution is -0.147. The van der Waals surface area contributed by atoms with Crippen molar-refractivity contribution in [2.75, 3.05) is 7.11 Å². The summed E-state index contributed by atoms with van der Waals surface area (Å²) in [4.78, 5) is 35.1. The third-order valence-electron chi connectivity index (χ3n) is 3.76. The summed E-state index contributed by atoms with van der Waals surface area (Å²) in [5, 5.41) is 13.2. The molecule has 24 heavy (non-hydrogen) atoms. The zero-order valence-electron chi connectivity index (χ0n) is 13.3. The quantitative estimate of drug-likeness (QED) is 0.621. The van der Waals surface area contributed by atoms with Gasteiger partial charge in [0.25, 0.3) is 0 Å². The summed E-state index contributed by atoms with van der Waals surface area (Å²) >= 11 is 0. The molecule has 6 nitrogen and oxygen atoms in total. The molecule has 0 saturated heterocycles. The smallest absolute Gasteiger partial charge is 0.308 e. The summed E-state index contributed by atoms with van der Waals surface area (Å²) in [6.45, 7) is 0. The Morgan fingerprint density at radius 3 is 2.75 bits per heavy atom. The average molecular weight is 329 g/mol. The molecule has 1 aromatic carbocycles. The van der Waals surface area contributed by atoms with Crippen molar-refractivity contribution in [1.82, 2.24) is 5.32 Å². The molecule has 2 rings (SSSR count). The average Bonchev–Trinajstić information content (AvgIpc) is 2.57. The van der Waals surface area contributed by atoms with Gasteiger partial charge in [-0.2, -0.15) is 0 Å². The number of amides is 1. The van der Waals surface area contributed by atoms with E-state index >= 15 is 0 Å². The predicted octanol–water partition coefficient (Wildman–Crippen LogP) is 1.01. The number of ketones is 1. The number of nitrogens with one attached hydrogen (secondary N) is 1. The lowest BCUT2D eigenvalue weighted by Crippen LogP contribution is -2.55. The normalized spacial score (nSPS) is 23.2. The van der Waals surface area contributed by atoms with Gasteiger partial charge >= 0.3 is 5.97 Å². The van der Waals surface area contributed by atoms with Gasteiger partial charge in [-0.15, -0.1) is 0 Å². The van der Waals surface area contributed by atoms with Crippen LogP contribution in [0, 0.1) is 0 Å². The van der Waals surface area contributed by atoms with Crippen molar-refractivity contribution in [1.29, 1.82) is 0 Å². The van der Waals surface area contributed by atoms with Crippen LogP contribution in [0.1, 0.15) is 18.4 Å². The number of methoxy groups -OCH3 is 1. The molecule has 0 aromatic heterocycles. The van der Waals surface area contributed by atoms with Crippen molar-refractivity contribution in [3.63, 3.8) is 0 Å². The van der Waals surface area contributed by atoms with Gasteiger partial charge in [0.1, 0.15) is 5.60 Å². The van der Waals surface area contributed by atoms with Crippen molar-refractivity contribution in [2.24, 2.45) is 0 Å². The van der Waals surface area contributed by atoms with E-state index in [1.807, 2.05) is 30.3 Å². The van der Waals surface area contributed by atoms with E-state index in [9.17, 15) is 19.5 Å². The number of benzene rings is 1. The van der Waals surface area contributed by atoms with Gasteiger partial charge in [-0.1, -0.05) is 30.3 Å². The minimum Gasteiger partial charge on any atom is -0.469 e. The molecule has 0 radical (unpaired) electrons. The molecule has 1 amide bonds. The largest absolute Gasteiger partial charge is 0.469 e. The monoisotopic (exact) mass is 329 g/mol. The van der Waals surface area contributed by atoms with Crippen molar-refractivity contribution in [3.8, 4) is 0 Å². The minimum atomic E-state index is -1.66. The third-order valence-corrected chi connectivity index (χ3v) is 3.76. The van der Waals surface area contributed by atoms with Crippen molar-refractivity contribution < 1.29 is 24.2 Å². The van der Waals surface area contributed by atoms with E-state index in [4.69, 9.17) is 0 Å². The maximum absolute atomic E-state index is 12.1. The summed E-state index contributed by atoms with van der Waals surface area (Å²) in [6.07, 6.45) is 4.95. The highest BCUT2D eigenvalue weighted by molar-refractivity contribution is 5.95. The standard InChI is InChI=1S/C18H19NO5/c1-24-17(22)12-18(23)10-9-14(20)11-15(18)19-16(21)8-7-13-5-3-2-4-6-13/h2-10,15,23H,11-12H2,1H3,(H,19,21)/b8-7+/t15-,18-/m0/s1. The summed E-state index contributed by atoms with van der Waals surface area (Å²) in [7, 11) is 1.21. The highest BCUT2D eigenvalue weighted by Gasteiger charge is 2.41. The summed E-state index contributed by atoms with van der Waals surface area (Å²) in [5.74, 6) is -1.33. The first-order valence-electron chi connectivity index (χ1n) is 7.48. The number of hydrogen-bond donors (Lipinski definition) is 2. The Bertz CT molecular complexity index is 680. The molecule has 1 aliphatic carbocycles. The van der Waals surface area contributed by atoms with Crippen LogP contribution in [0.5, 0.6) is 0 Å². The summed E-state index contributed by atoms with van der Waals surface area (Å²) in [5.41, 5.74) is -0.811. The molecule has 2 atom stereocenters. The zero-order chi connectivity index (χ0) is 17.6. The molecule has 0 bridgehead atoms. The fourth-order valence-corrected chi connectivity index (χ4v) is 2.42. The SMILES string of the molecule is COC(=O)C[C@@]1(O)C=CC(=O)C[C@@H]1NC(=O)/C=C/c1ccccc1. The predicted molar refractivity (Wildman–Crippen MR) is 87.8 cm³/mol. The van der Waals surface area contributed by atoms with Crippen LogP contribution in [0.2, 0.25) is 0 Å². The van der Waals surface area contributed by atoms with Crippen LogP contribution >= 0.6 is 0 Å². The summed E-state index contributed by atoms with van der Waals surface area (Å²) in [6, 6.07) is 8.33. The fourth-order valence-electron chi connectivity index (χ4n) is 2.42.